The molecule has 3 aromatic rings. The third-order valence-corrected chi connectivity index (χ3v) is 5.52. The molecule has 0 bridgehead atoms. The topological polar surface area (TPSA) is 73.0 Å². The lowest BCUT2D eigenvalue weighted by molar-refractivity contribution is -0.113. The van der Waals surface area contributed by atoms with Crippen molar-refractivity contribution in [2.75, 3.05) is 11.1 Å². The third-order valence-electron chi connectivity index (χ3n) is 3.61. The number of nitrogens with one attached hydrogen (secondary N) is 1. The van der Waals surface area contributed by atoms with E-state index < -0.39 is 0 Å². The van der Waals surface area contributed by atoms with Crippen molar-refractivity contribution in [2.45, 2.75) is 18.6 Å². The van der Waals surface area contributed by atoms with Crippen molar-refractivity contribution in [1.82, 2.24) is 14.8 Å². The van der Waals surface area contributed by atoms with Gasteiger partial charge in [-0.05, 0) is 47.7 Å². The van der Waals surface area contributed by atoms with Crippen molar-refractivity contribution in [2.24, 2.45) is 0 Å². The average molecular weight is 480 g/mol. The van der Waals surface area contributed by atoms with Crippen LogP contribution < -0.4 is 5.32 Å². The Morgan fingerprint density at radius 2 is 2.19 bits per heavy atom. The Labute approximate surface area is 169 Å². The van der Waals surface area contributed by atoms with Gasteiger partial charge in [0, 0.05) is 10.1 Å². The molecule has 0 aliphatic carbocycles. The molecule has 0 saturated heterocycles. The summed E-state index contributed by atoms with van der Waals surface area (Å²) in [5.41, 5.74) is 1.69. The lowest BCUT2D eigenvalue weighted by Gasteiger charge is -2.08. The van der Waals surface area contributed by atoms with E-state index in [1.54, 1.807) is 12.3 Å². The number of furan rings is 1. The van der Waals surface area contributed by atoms with Gasteiger partial charge >= 0.3 is 0 Å². The van der Waals surface area contributed by atoms with Crippen LogP contribution in [0.4, 0.5) is 5.69 Å². The van der Waals surface area contributed by atoms with Gasteiger partial charge in [0.1, 0.15) is 5.76 Å². The van der Waals surface area contributed by atoms with Crippen molar-refractivity contribution >= 4 is 45.9 Å². The molecule has 26 heavy (non-hydrogen) atoms. The molecular formula is C18H17IN4O2S. The van der Waals surface area contributed by atoms with Gasteiger partial charge in [-0.2, -0.15) is 0 Å². The summed E-state index contributed by atoms with van der Waals surface area (Å²) in [6.07, 6.45) is 3.40. The molecule has 134 valence electrons. The van der Waals surface area contributed by atoms with E-state index >= 15 is 0 Å². The SMILES string of the molecule is C=CCn1c(SCC(=O)Nc2ccccc2I)nnc1-c1ccoc1C. The van der Waals surface area contributed by atoms with Gasteiger partial charge < -0.3 is 9.73 Å². The second kappa shape index (κ2) is 8.54. The van der Waals surface area contributed by atoms with Crippen molar-refractivity contribution in [1.29, 1.82) is 0 Å². The molecule has 8 heteroatoms. The first kappa shape index (κ1) is 18.7. The van der Waals surface area contributed by atoms with Crippen LogP contribution in [0.3, 0.4) is 0 Å². The molecule has 0 spiro atoms. The third kappa shape index (κ3) is 4.18. The number of allylic oxidation sites excluding steroid dienone is 1. The number of anilines is 1. The Balaban J connectivity index is 1.73. The number of aromatic nitrogens is 3. The lowest BCUT2D eigenvalue weighted by atomic mass is 10.2. The predicted octanol–water partition coefficient (Wildman–Crippen LogP) is 4.37. The van der Waals surface area contributed by atoms with Crippen LogP contribution in [0.1, 0.15) is 5.76 Å². The Morgan fingerprint density at radius 1 is 1.38 bits per heavy atom. The van der Waals surface area contributed by atoms with Gasteiger partial charge in [0.25, 0.3) is 0 Å². The number of halogens is 1. The Bertz CT molecular complexity index is 935. The average Bonchev–Trinajstić information content (AvgIpc) is 3.21. The zero-order valence-corrected chi connectivity index (χ0v) is 17.1. The van der Waals surface area contributed by atoms with Gasteiger partial charge in [0.05, 0.1) is 23.3 Å². The minimum Gasteiger partial charge on any atom is -0.469 e. The maximum atomic E-state index is 12.3. The number of carbonyl (C=O) groups is 1. The number of amides is 1. The molecule has 1 amide bonds. The number of para-hydroxylation sites is 1. The fourth-order valence-corrected chi connectivity index (χ4v) is 3.65. The van der Waals surface area contributed by atoms with E-state index in [1.807, 2.05) is 41.8 Å². The van der Waals surface area contributed by atoms with E-state index in [2.05, 4.69) is 44.7 Å². The number of nitrogens with zero attached hydrogens (tertiary/aromatic N) is 3. The Morgan fingerprint density at radius 3 is 2.88 bits per heavy atom. The second-order valence-electron chi connectivity index (χ2n) is 5.41. The van der Waals surface area contributed by atoms with E-state index in [0.29, 0.717) is 17.5 Å². The molecule has 6 nitrogen and oxygen atoms in total. The highest BCUT2D eigenvalue weighted by atomic mass is 127. The summed E-state index contributed by atoms with van der Waals surface area (Å²) in [6, 6.07) is 9.51. The van der Waals surface area contributed by atoms with E-state index in [9.17, 15) is 4.79 Å². The zero-order valence-electron chi connectivity index (χ0n) is 14.1. The zero-order chi connectivity index (χ0) is 18.5. The van der Waals surface area contributed by atoms with Crippen molar-refractivity contribution < 1.29 is 9.21 Å². The monoisotopic (exact) mass is 480 g/mol. The largest absolute Gasteiger partial charge is 0.469 e. The van der Waals surface area contributed by atoms with Crippen molar-refractivity contribution in [3.8, 4) is 11.4 Å². The molecular weight excluding hydrogens is 463 g/mol. The number of benzene rings is 1. The predicted molar refractivity (Wildman–Crippen MR) is 111 cm³/mol. The number of hydrogen-bond acceptors (Lipinski definition) is 5. The summed E-state index contributed by atoms with van der Waals surface area (Å²) in [7, 11) is 0. The number of thioether (sulfide) groups is 1. The summed E-state index contributed by atoms with van der Waals surface area (Å²) in [4.78, 5) is 12.3. The molecule has 0 aliphatic rings. The van der Waals surface area contributed by atoms with Gasteiger partial charge in [-0.1, -0.05) is 30.0 Å². The normalized spacial score (nSPS) is 10.7. The molecule has 2 heterocycles. The standard InChI is InChI=1S/C18H17IN4O2S/c1-3-9-23-17(13-8-10-25-12(13)2)21-22-18(23)26-11-16(24)20-15-7-5-4-6-14(15)19/h3-8,10H,1,9,11H2,2H3,(H,20,24). The fraction of sp³-hybridized carbons (Fsp3) is 0.167. The Kier molecular flexibility index (Phi) is 6.15. The molecule has 0 fully saturated rings. The van der Waals surface area contributed by atoms with Crippen LogP contribution in [0.25, 0.3) is 11.4 Å². The summed E-state index contributed by atoms with van der Waals surface area (Å²) >= 11 is 3.53. The number of hydrogen-bond donors (Lipinski definition) is 1. The highest BCUT2D eigenvalue weighted by molar-refractivity contribution is 14.1. The minimum atomic E-state index is -0.0895. The first-order valence-electron chi connectivity index (χ1n) is 7.86. The van der Waals surface area contributed by atoms with Crippen molar-refractivity contribution in [3.63, 3.8) is 0 Å². The van der Waals surface area contributed by atoms with Crippen LogP contribution in [-0.2, 0) is 11.3 Å². The summed E-state index contributed by atoms with van der Waals surface area (Å²) in [5, 5.41) is 12.1. The van der Waals surface area contributed by atoms with Gasteiger partial charge in [-0.25, -0.2) is 0 Å². The number of rotatable bonds is 7. The van der Waals surface area contributed by atoms with Crippen LogP contribution in [-0.4, -0.2) is 26.4 Å². The van der Waals surface area contributed by atoms with E-state index in [0.717, 1.165) is 20.6 Å². The summed E-state index contributed by atoms with van der Waals surface area (Å²) < 4.78 is 8.28. The lowest BCUT2D eigenvalue weighted by Crippen LogP contribution is -2.15. The van der Waals surface area contributed by atoms with Crippen LogP contribution >= 0.6 is 34.4 Å². The van der Waals surface area contributed by atoms with Gasteiger partial charge in [0.2, 0.25) is 5.91 Å². The van der Waals surface area contributed by atoms with Crippen molar-refractivity contribution in [3.05, 3.63) is 58.6 Å². The van der Waals surface area contributed by atoms with E-state index in [-0.39, 0.29) is 11.7 Å². The second-order valence-corrected chi connectivity index (χ2v) is 7.52. The molecule has 0 aliphatic heterocycles. The first-order valence-corrected chi connectivity index (χ1v) is 9.92. The van der Waals surface area contributed by atoms with Crippen LogP contribution in [0.5, 0.6) is 0 Å². The smallest absolute Gasteiger partial charge is 0.234 e. The maximum Gasteiger partial charge on any atom is 0.234 e. The molecule has 2 aromatic heterocycles. The first-order chi connectivity index (χ1) is 12.6. The molecule has 0 radical (unpaired) electrons. The fourth-order valence-electron chi connectivity index (χ4n) is 2.38. The quantitative estimate of drug-likeness (QED) is 0.309. The summed E-state index contributed by atoms with van der Waals surface area (Å²) in [5.74, 6) is 1.63. The van der Waals surface area contributed by atoms with Crippen LogP contribution in [0.2, 0.25) is 0 Å². The minimum absolute atomic E-state index is 0.0895. The van der Waals surface area contributed by atoms with Gasteiger partial charge in [-0.3, -0.25) is 9.36 Å². The van der Waals surface area contributed by atoms with Gasteiger partial charge in [-0.15, -0.1) is 16.8 Å². The van der Waals surface area contributed by atoms with E-state index in [1.165, 1.54) is 11.8 Å². The van der Waals surface area contributed by atoms with Gasteiger partial charge in [0.15, 0.2) is 11.0 Å². The summed E-state index contributed by atoms with van der Waals surface area (Å²) in [6.45, 7) is 6.22. The molecule has 1 N–H and O–H groups in total. The van der Waals surface area contributed by atoms with Crippen LogP contribution in [0.15, 0.2) is 58.8 Å². The highest BCUT2D eigenvalue weighted by Gasteiger charge is 2.17. The molecule has 0 atom stereocenters. The maximum absolute atomic E-state index is 12.3. The molecule has 0 saturated carbocycles. The Hall–Kier alpha value is -2.07. The molecule has 0 unspecified atom stereocenters. The number of carbonyl (C=O) groups excluding carboxylic acids is 1. The van der Waals surface area contributed by atoms with E-state index in [4.69, 9.17) is 4.42 Å². The highest BCUT2D eigenvalue weighted by Crippen LogP contribution is 2.27. The number of aryl methyl sites for hydroxylation is 1. The molecule has 3 rings (SSSR count). The van der Waals surface area contributed by atoms with Crippen LogP contribution in [0, 0.1) is 10.5 Å². The molecule has 1 aromatic carbocycles.